The van der Waals surface area contributed by atoms with Crippen LogP contribution in [-0.4, -0.2) is 45.9 Å². The predicted octanol–water partition coefficient (Wildman–Crippen LogP) is 1.28. The summed E-state index contributed by atoms with van der Waals surface area (Å²) in [7, 11) is 0. The summed E-state index contributed by atoms with van der Waals surface area (Å²) in [5.41, 5.74) is -0.208. The molecular weight excluding hydrogens is 260 g/mol. The van der Waals surface area contributed by atoms with Crippen molar-refractivity contribution in [1.82, 2.24) is 20.4 Å². The van der Waals surface area contributed by atoms with Crippen LogP contribution in [0, 0.1) is 0 Å². The van der Waals surface area contributed by atoms with E-state index in [2.05, 4.69) is 15.5 Å². The minimum atomic E-state index is -0.233. The first kappa shape index (κ1) is 16.4. The molecule has 0 radical (unpaired) electrons. The Hall–Kier alpha value is -1.63. The number of carbonyl (C=O) groups excluding carboxylic acids is 1. The number of urea groups is 1. The minimum absolute atomic E-state index is 0.0518. The van der Waals surface area contributed by atoms with E-state index in [9.17, 15) is 4.79 Å². The first-order valence-corrected chi connectivity index (χ1v) is 6.85. The number of aliphatic hydroxyl groups excluding tert-OH is 1. The third-order valence-electron chi connectivity index (χ3n) is 2.66. The Kier molecular flexibility index (Phi) is 5.94. The van der Waals surface area contributed by atoms with Crippen molar-refractivity contribution in [3.05, 3.63) is 11.7 Å². The molecule has 0 aliphatic rings. The number of rotatable bonds is 6. The van der Waals surface area contributed by atoms with Crippen molar-refractivity contribution < 1.29 is 14.4 Å². The van der Waals surface area contributed by atoms with Gasteiger partial charge in [0.2, 0.25) is 5.89 Å². The van der Waals surface area contributed by atoms with E-state index in [0.29, 0.717) is 24.8 Å². The summed E-state index contributed by atoms with van der Waals surface area (Å²) < 4.78 is 5.15. The Labute approximate surface area is 119 Å². The molecule has 1 rings (SSSR count). The molecule has 7 heteroatoms. The summed E-state index contributed by atoms with van der Waals surface area (Å²) in [5.74, 6) is 0.992. The lowest BCUT2D eigenvalue weighted by molar-refractivity contribution is 0.176. The van der Waals surface area contributed by atoms with Crippen LogP contribution in [0.15, 0.2) is 4.52 Å². The van der Waals surface area contributed by atoms with Crippen LogP contribution in [0.25, 0.3) is 0 Å². The number of aromatic nitrogens is 2. The van der Waals surface area contributed by atoms with E-state index in [-0.39, 0.29) is 24.6 Å². The smallest absolute Gasteiger partial charge is 0.317 e. The average molecular weight is 284 g/mol. The molecule has 1 aromatic heterocycles. The number of amides is 2. The lowest BCUT2D eigenvalue weighted by Crippen LogP contribution is -2.41. The van der Waals surface area contributed by atoms with Gasteiger partial charge in [-0.25, -0.2) is 4.79 Å². The Morgan fingerprint density at radius 1 is 1.40 bits per heavy atom. The van der Waals surface area contributed by atoms with Gasteiger partial charge in [0.25, 0.3) is 0 Å². The van der Waals surface area contributed by atoms with Crippen molar-refractivity contribution in [3.63, 3.8) is 0 Å². The highest BCUT2D eigenvalue weighted by atomic mass is 16.5. The largest absolute Gasteiger partial charge is 0.395 e. The van der Waals surface area contributed by atoms with Gasteiger partial charge in [0.1, 0.15) is 0 Å². The minimum Gasteiger partial charge on any atom is -0.395 e. The molecule has 0 fully saturated rings. The molecule has 2 amide bonds. The molecule has 1 heterocycles. The fraction of sp³-hybridized carbons (Fsp3) is 0.769. The molecule has 0 spiro atoms. The molecule has 0 bridgehead atoms. The molecule has 1 aromatic rings. The molecule has 0 unspecified atom stereocenters. The maximum atomic E-state index is 11.9. The van der Waals surface area contributed by atoms with Crippen molar-refractivity contribution in [2.75, 3.05) is 19.7 Å². The van der Waals surface area contributed by atoms with Crippen LogP contribution in [-0.2, 0) is 12.0 Å². The Morgan fingerprint density at radius 2 is 2.10 bits per heavy atom. The van der Waals surface area contributed by atoms with E-state index in [1.807, 2.05) is 27.7 Å². The molecule has 0 saturated heterocycles. The Morgan fingerprint density at radius 3 is 2.60 bits per heavy atom. The molecule has 114 valence electrons. The van der Waals surface area contributed by atoms with Crippen molar-refractivity contribution >= 4 is 6.03 Å². The van der Waals surface area contributed by atoms with Crippen LogP contribution in [0.5, 0.6) is 0 Å². The molecule has 0 aliphatic heterocycles. The van der Waals surface area contributed by atoms with Crippen LogP contribution in [0.2, 0.25) is 0 Å². The summed E-state index contributed by atoms with van der Waals surface area (Å²) in [6, 6.07) is -0.233. The standard InChI is InChI=1S/C13H24N4O3/c1-5-6-17(7-8-18)12(19)14-9-10-15-11(20-16-10)13(2,3)4/h18H,5-9H2,1-4H3,(H,14,19). The maximum Gasteiger partial charge on any atom is 0.317 e. The van der Waals surface area contributed by atoms with Gasteiger partial charge in [-0.2, -0.15) is 4.98 Å². The fourth-order valence-electron chi connectivity index (χ4n) is 1.60. The SMILES string of the molecule is CCCN(CCO)C(=O)NCc1noc(C(C)(C)C)n1. The maximum absolute atomic E-state index is 11.9. The van der Waals surface area contributed by atoms with Crippen molar-refractivity contribution in [2.24, 2.45) is 0 Å². The highest BCUT2D eigenvalue weighted by molar-refractivity contribution is 5.74. The zero-order valence-corrected chi connectivity index (χ0v) is 12.6. The molecule has 0 aliphatic carbocycles. The number of aliphatic hydroxyl groups is 1. The van der Waals surface area contributed by atoms with E-state index in [1.165, 1.54) is 0 Å². The zero-order valence-electron chi connectivity index (χ0n) is 12.6. The highest BCUT2D eigenvalue weighted by Crippen LogP contribution is 2.19. The summed E-state index contributed by atoms with van der Waals surface area (Å²) in [4.78, 5) is 17.7. The highest BCUT2D eigenvalue weighted by Gasteiger charge is 2.22. The lowest BCUT2D eigenvalue weighted by atomic mass is 9.97. The molecule has 0 saturated carbocycles. The molecule has 0 atom stereocenters. The zero-order chi connectivity index (χ0) is 15.2. The normalized spacial score (nSPS) is 11.4. The van der Waals surface area contributed by atoms with Crippen molar-refractivity contribution in [1.29, 1.82) is 0 Å². The van der Waals surface area contributed by atoms with E-state index in [4.69, 9.17) is 9.63 Å². The lowest BCUT2D eigenvalue weighted by Gasteiger charge is -2.20. The molecule has 20 heavy (non-hydrogen) atoms. The van der Waals surface area contributed by atoms with Gasteiger partial charge in [-0.05, 0) is 6.42 Å². The van der Waals surface area contributed by atoms with Gasteiger partial charge < -0.3 is 19.8 Å². The van der Waals surface area contributed by atoms with Crippen LogP contribution in [0.3, 0.4) is 0 Å². The monoisotopic (exact) mass is 284 g/mol. The second-order valence-electron chi connectivity index (χ2n) is 5.64. The Bertz CT molecular complexity index is 419. The number of hydrogen-bond donors (Lipinski definition) is 2. The number of nitrogens with one attached hydrogen (secondary N) is 1. The third-order valence-corrected chi connectivity index (χ3v) is 2.66. The van der Waals surface area contributed by atoms with E-state index in [1.54, 1.807) is 4.90 Å². The third kappa shape index (κ3) is 4.80. The first-order chi connectivity index (χ1) is 9.38. The summed E-state index contributed by atoms with van der Waals surface area (Å²) in [6.45, 7) is 9.00. The Balaban J connectivity index is 2.53. The average Bonchev–Trinajstić information content (AvgIpc) is 2.84. The molecule has 0 aromatic carbocycles. The summed E-state index contributed by atoms with van der Waals surface area (Å²) in [6.07, 6.45) is 0.837. The van der Waals surface area contributed by atoms with Crippen LogP contribution in [0.1, 0.15) is 45.8 Å². The number of nitrogens with zero attached hydrogens (tertiary/aromatic N) is 3. The van der Waals surface area contributed by atoms with Gasteiger partial charge in [-0.15, -0.1) is 0 Å². The van der Waals surface area contributed by atoms with Crippen molar-refractivity contribution in [3.8, 4) is 0 Å². The summed E-state index contributed by atoms with van der Waals surface area (Å²) >= 11 is 0. The first-order valence-electron chi connectivity index (χ1n) is 6.85. The molecular formula is C13H24N4O3. The number of hydrogen-bond acceptors (Lipinski definition) is 5. The van der Waals surface area contributed by atoms with Crippen LogP contribution < -0.4 is 5.32 Å². The topological polar surface area (TPSA) is 91.5 Å². The van der Waals surface area contributed by atoms with Crippen molar-refractivity contribution in [2.45, 2.75) is 46.1 Å². The predicted molar refractivity (Wildman–Crippen MR) is 74.2 cm³/mol. The van der Waals surface area contributed by atoms with Crippen LogP contribution in [0.4, 0.5) is 4.79 Å². The second-order valence-corrected chi connectivity index (χ2v) is 5.64. The second kappa shape index (κ2) is 7.23. The van der Waals surface area contributed by atoms with E-state index < -0.39 is 0 Å². The van der Waals surface area contributed by atoms with Crippen LogP contribution >= 0.6 is 0 Å². The van der Waals surface area contributed by atoms with Gasteiger partial charge >= 0.3 is 6.03 Å². The van der Waals surface area contributed by atoms with Gasteiger partial charge in [-0.3, -0.25) is 0 Å². The van der Waals surface area contributed by atoms with E-state index >= 15 is 0 Å². The fourth-order valence-corrected chi connectivity index (χ4v) is 1.60. The van der Waals surface area contributed by atoms with Gasteiger partial charge in [0.05, 0.1) is 13.2 Å². The molecule has 7 nitrogen and oxygen atoms in total. The van der Waals surface area contributed by atoms with E-state index in [0.717, 1.165) is 6.42 Å². The summed E-state index contributed by atoms with van der Waals surface area (Å²) in [5, 5.41) is 15.5. The van der Waals surface area contributed by atoms with Gasteiger partial charge in [0.15, 0.2) is 5.82 Å². The van der Waals surface area contributed by atoms with Gasteiger partial charge in [-0.1, -0.05) is 32.9 Å². The quantitative estimate of drug-likeness (QED) is 0.821. The van der Waals surface area contributed by atoms with Gasteiger partial charge in [0, 0.05) is 18.5 Å². The molecule has 2 N–H and O–H groups in total. The number of carbonyl (C=O) groups is 1.